The van der Waals surface area contributed by atoms with Gasteiger partial charge in [0.25, 0.3) is 0 Å². The molecule has 5 N–H and O–H groups in total. The predicted molar refractivity (Wildman–Crippen MR) is 106 cm³/mol. The molecule has 0 unspecified atom stereocenters. The first-order valence-electron chi connectivity index (χ1n) is 9.84. The smallest absolute Gasteiger partial charge is 0.240 e. The van der Waals surface area contributed by atoms with Gasteiger partial charge in [0.2, 0.25) is 5.79 Å². The van der Waals surface area contributed by atoms with Crippen LogP contribution in [0.1, 0.15) is 41.9 Å². The Labute approximate surface area is 170 Å². The summed E-state index contributed by atoms with van der Waals surface area (Å²) in [6.07, 6.45) is -6.25. The summed E-state index contributed by atoms with van der Waals surface area (Å²) in [6.45, 7) is 5.19. The van der Waals surface area contributed by atoms with Gasteiger partial charge in [-0.15, -0.1) is 0 Å². The second kappa shape index (κ2) is 8.47. The largest absolute Gasteiger partial charge is 0.391 e. The Morgan fingerprint density at radius 2 is 1.66 bits per heavy atom. The van der Waals surface area contributed by atoms with Gasteiger partial charge in [0.05, 0.1) is 6.10 Å². The van der Waals surface area contributed by atoms with Gasteiger partial charge in [-0.3, -0.25) is 4.98 Å². The SMILES string of the molecule is CCc1ccc(Cc2ccc(C)nc2[C@@]2(O)O[C@H]([C@H](C)O)[C@@H](O)[C@H](O)[C@H]2O)cc1. The molecule has 2 heterocycles. The maximum absolute atomic E-state index is 11.3. The van der Waals surface area contributed by atoms with E-state index in [1.807, 2.05) is 24.3 Å². The number of rotatable bonds is 5. The lowest BCUT2D eigenvalue weighted by Gasteiger charge is -2.46. The lowest BCUT2D eigenvalue weighted by molar-refractivity contribution is -0.365. The van der Waals surface area contributed by atoms with Crippen molar-refractivity contribution >= 4 is 0 Å². The lowest BCUT2D eigenvalue weighted by Crippen LogP contribution is -2.65. The average molecular weight is 403 g/mol. The molecule has 0 bridgehead atoms. The first kappa shape index (κ1) is 21.8. The van der Waals surface area contributed by atoms with E-state index < -0.39 is 36.3 Å². The average Bonchev–Trinajstić information content (AvgIpc) is 2.71. The van der Waals surface area contributed by atoms with Gasteiger partial charge in [-0.2, -0.15) is 0 Å². The monoisotopic (exact) mass is 403 g/mol. The summed E-state index contributed by atoms with van der Waals surface area (Å²) in [4.78, 5) is 4.39. The van der Waals surface area contributed by atoms with E-state index in [4.69, 9.17) is 4.74 Å². The molecule has 0 aliphatic carbocycles. The van der Waals surface area contributed by atoms with Gasteiger partial charge in [0.1, 0.15) is 30.1 Å². The number of hydrogen-bond acceptors (Lipinski definition) is 7. The number of aliphatic hydroxyl groups is 5. The van der Waals surface area contributed by atoms with Crippen molar-refractivity contribution in [1.29, 1.82) is 0 Å². The summed E-state index contributed by atoms with van der Waals surface area (Å²) in [5.41, 5.74) is 3.44. The van der Waals surface area contributed by atoms with Crippen LogP contribution < -0.4 is 0 Å². The van der Waals surface area contributed by atoms with E-state index in [1.165, 1.54) is 12.5 Å². The highest BCUT2D eigenvalue weighted by Gasteiger charge is 2.56. The van der Waals surface area contributed by atoms with Crippen LogP contribution in [0.15, 0.2) is 36.4 Å². The number of pyridine rings is 1. The molecule has 2 aromatic rings. The standard InChI is InChI=1S/C22H29NO6/c1-4-14-6-8-15(9-7-14)11-16-10-5-12(2)23-20(16)22(28)21(27)18(26)17(25)19(29-22)13(3)24/h5-10,13,17-19,21,24-28H,4,11H2,1-3H3/t13-,17-,18-,19+,21+,22+/m0/s1. The third kappa shape index (κ3) is 4.21. The zero-order valence-electron chi connectivity index (χ0n) is 16.9. The first-order chi connectivity index (χ1) is 13.7. The quantitative estimate of drug-likeness (QED) is 0.494. The number of aliphatic hydroxyl groups excluding tert-OH is 4. The van der Waals surface area contributed by atoms with E-state index in [2.05, 4.69) is 11.9 Å². The van der Waals surface area contributed by atoms with E-state index in [0.717, 1.165) is 12.0 Å². The minimum Gasteiger partial charge on any atom is -0.391 e. The number of aryl methyl sites for hydroxylation is 2. The van der Waals surface area contributed by atoms with Crippen molar-refractivity contribution in [2.75, 3.05) is 0 Å². The Morgan fingerprint density at radius 1 is 1.03 bits per heavy atom. The molecule has 1 aromatic heterocycles. The molecule has 29 heavy (non-hydrogen) atoms. The van der Waals surface area contributed by atoms with E-state index in [9.17, 15) is 25.5 Å². The second-order valence-corrected chi connectivity index (χ2v) is 7.75. The van der Waals surface area contributed by atoms with Crippen LogP contribution in [0.25, 0.3) is 0 Å². The van der Waals surface area contributed by atoms with Crippen LogP contribution in [-0.2, 0) is 23.4 Å². The normalized spacial score (nSPS) is 30.9. The van der Waals surface area contributed by atoms with Gasteiger partial charge < -0.3 is 30.3 Å². The van der Waals surface area contributed by atoms with Crippen LogP contribution in [0.5, 0.6) is 0 Å². The fourth-order valence-corrected chi connectivity index (χ4v) is 3.69. The summed E-state index contributed by atoms with van der Waals surface area (Å²) >= 11 is 0. The molecular weight excluding hydrogens is 374 g/mol. The lowest BCUT2D eigenvalue weighted by atomic mass is 9.86. The van der Waals surface area contributed by atoms with Crippen molar-refractivity contribution < 1.29 is 30.3 Å². The van der Waals surface area contributed by atoms with Crippen molar-refractivity contribution in [3.05, 3.63) is 64.5 Å². The number of ether oxygens (including phenoxy) is 1. The van der Waals surface area contributed by atoms with E-state index in [-0.39, 0.29) is 5.69 Å². The second-order valence-electron chi connectivity index (χ2n) is 7.75. The molecule has 1 aliphatic heterocycles. The fourth-order valence-electron chi connectivity index (χ4n) is 3.69. The molecule has 7 heteroatoms. The topological polar surface area (TPSA) is 123 Å². The van der Waals surface area contributed by atoms with Gasteiger partial charge in [-0.05, 0) is 49.4 Å². The Hall–Kier alpha value is -1.87. The Balaban J connectivity index is 2.02. The molecule has 158 valence electrons. The summed E-state index contributed by atoms with van der Waals surface area (Å²) < 4.78 is 5.57. The van der Waals surface area contributed by atoms with Crippen LogP contribution in [0.4, 0.5) is 0 Å². The van der Waals surface area contributed by atoms with Crippen molar-refractivity contribution in [3.63, 3.8) is 0 Å². The highest BCUT2D eigenvalue weighted by atomic mass is 16.7. The maximum atomic E-state index is 11.3. The van der Waals surface area contributed by atoms with Gasteiger partial charge >= 0.3 is 0 Å². The third-order valence-electron chi connectivity index (χ3n) is 5.49. The summed E-state index contributed by atoms with van der Waals surface area (Å²) in [7, 11) is 0. The molecule has 7 nitrogen and oxygen atoms in total. The Morgan fingerprint density at radius 3 is 2.24 bits per heavy atom. The molecule has 1 aliphatic rings. The number of hydrogen-bond donors (Lipinski definition) is 5. The first-order valence-corrected chi connectivity index (χ1v) is 9.84. The highest BCUT2D eigenvalue weighted by molar-refractivity contribution is 5.34. The molecule has 0 spiro atoms. The molecule has 1 fully saturated rings. The molecule has 0 saturated carbocycles. The van der Waals surface area contributed by atoms with Crippen LogP contribution in [0.3, 0.4) is 0 Å². The molecule has 1 saturated heterocycles. The zero-order chi connectivity index (χ0) is 21.3. The minimum absolute atomic E-state index is 0.0566. The van der Waals surface area contributed by atoms with Crippen LogP contribution in [0, 0.1) is 6.92 Å². The summed E-state index contributed by atoms with van der Waals surface area (Å²) in [5.74, 6) is -2.38. The van der Waals surface area contributed by atoms with Crippen LogP contribution in [0.2, 0.25) is 0 Å². The zero-order valence-corrected chi connectivity index (χ0v) is 16.9. The van der Waals surface area contributed by atoms with E-state index in [0.29, 0.717) is 17.7 Å². The van der Waals surface area contributed by atoms with Crippen LogP contribution >= 0.6 is 0 Å². The summed E-state index contributed by atoms with van der Waals surface area (Å²) in [5, 5.41) is 52.2. The van der Waals surface area contributed by atoms with Crippen molar-refractivity contribution in [1.82, 2.24) is 4.98 Å². The molecule has 0 amide bonds. The van der Waals surface area contributed by atoms with Gasteiger partial charge in [0.15, 0.2) is 0 Å². The van der Waals surface area contributed by atoms with Crippen molar-refractivity contribution in [3.8, 4) is 0 Å². The van der Waals surface area contributed by atoms with Crippen molar-refractivity contribution in [2.24, 2.45) is 0 Å². The minimum atomic E-state index is -2.38. The molecule has 3 rings (SSSR count). The Kier molecular flexibility index (Phi) is 6.38. The maximum Gasteiger partial charge on any atom is 0.240 e. The van der Waals surface area contributed by atoms with E-state index >= 15 is 0 Å². The molecule has 0 radical (unpaired) electrons. The van der Waals surface area contributed by atoms with E-state index in [1.54, 1.807) is 19.1 Å². The fraction of sp³-hybridized carbons (Fsp3) is 0.500. The predicted octanol–water partition coefficient (Wildman–Crippen LogP) is 0.551. The number of nitrogens with zero attached hydrogens (tertiary/aromatic N) is 1. The molecule has 1 aromatic carbocycles. The van der Waals surface area contributed by atoms with Crippen molar-refractivity contribution in [2.45, 2.75) is 69.9 Å². The van der Waals surface area contributed by atoms with Gasteiger partial charge in [0, 0.05) is 5.69 Å². The number of benzene rings is 1. The van der Waals surface area contributed by atoms with Crippen LogP contribution in [-0.4, -0.2) is 61.0 Å². The Bertz CT molecular complexity index is 840. The summed E-state index contributed by atoms with van der Waals surface area (Å²) in [6, 6.07) is 11.6. The highest BCUT2D eigenvalue weighted by Crippen LogP contribution is 2.38. The van der Waals surface area contributed by atoms with Gasteiger partial charge in [-0.1, -0.05) is 37.3 Å². The number of aromatic nitrogens is 1. The molecule has 6 atom stereocenters. The third-order valence-corrected chi connectivity index (χ3v) is 5.49. The molecular formula is C22H29NO6. The van der Waals surface area contributed by atoms with Gasteiger partial charge in [-0.25, -0.2) is 0 Å².